The highest BCUT2D eigenvalue weighted by Gasteiger charge is 2.05. The van der Waals surface area contributed by atoms with Crippen molar-refractivity contribution in [3.05, 3.63) is 23.9 Å². The van der Waals surface area contributed by atoms with Crippen molar-refractivity contribution < 1.29 is 13.6 Å². The number of nitrogens with zero attached hydrogens (tertiary/aromatic N) is 2. The molecule has 1 unspecified atom stereocenters. The van der Waals surface area contributed by atoms with Crippen molar-refractivity contribution in [1.29, 1.82) is 0 Å². The summed E-state index contributed by atoms with van der Waals surface area (Å²) in [6, 6.07) is 2.91. The molecule has 0 saturated heterocycles. The highest BCUT2D eigenvalue weighted by Crippen LogP contribution is 2.10. The van der Waals surface area contributed by atoms with E-state index in [1.807, 2.05) is 0 Å². The van der Waals surface area contributed by atoms with E-state index < -0.39 is 17.0 Å². The molecule has 0 aliphatic carbocycles. The molecule has 82 valence electrons. The summed E-state index contributed by atoms with van der Waals surface area (Å²) < 4.78 is 20.9. The van der Waals surface area contributed by atoms with Gasteiger partial charge in [-0.05, 0) is 23.2 Å². The molecule has 0 spiro atoms. The Morgan fingerprint density at radius 2 is 2.40 bits per heavy atom. The standard InChI is InChI=1S/C8H11N3O3S/c1-11(5-15(13)14)7-4-6(8(9)12)2-3-10-7/h2-4H,5H2,1H3,(H2,9,12)(H,13,14)/p-1. The lowest BCUT2D eigenvalue weighted by atomic mass is 10.2. The largest absolute Gasteiger partial charge is 0.771 e. The molecule has 1 atom stereocenters. The van der Waals surface area contributed by atoms with Crippen LogP contribution in [0.4, 0.5) is 5.82 Å². The average molecular weight is 228 g/mol. The molecule has 1 rings (SSSR count). The van der Waals surface area contributed by atoms with Crippen LogP contribution in [0.25, 0.3) is 0 Å². The molecule has 7 heteroatoms. The number of anilines is 1. The Labute approximate surface area is 89.4 Å². The zero-order chi connectivity index (χ0) is 11.4. The van der Waals surface area contributed by atoms with Gasteiger partial charge in [0.05, 0.1) is 5.88 Å². The second-order valence-electron chi connectivity index (χ2n) is 2.90. The molecule has 0 saturated carbocycles. The lowest BCUT2D eigenvalue weighted by molar-refractivity contribution is 0.1000. The molecule has 6 nitrogen and oxygen atoms in total. The van der Waals surface area contributed by atoms with Gasteiger partial charge in [0.15, 0.2) is 0 Å². The summed E-state index contributed by atoms with van der Waals surface area (Å²) in [6.45, 7) is 0. The molecule has 15 heavy (non-hydrogen) atoms. The van der Waals surface area contributed by atoms with Crippen LogP contribution in [0, 0.1) is 0 Å². The fraction of sp³-hybridized carbons (Fsp3) is 0.250. The maximum atomic E-state index is 10.9. The first-order valence-corrected chi connectivity index (χ1v) is 5.28. The maximum absolute atomic E-state index is 10.9. The minimum Gasteiger partial charge on any atom is -0.771 e. The third-order valence-electron chi connectivity index (χ3n) is 1.72. The summed E-state index contributed by atoms with van der Waals surface area (Å²) >= 11 is -2.19. The number of carbonyl (C=O) groups excluding carboxylic acids is 1. The van der Waals surface area contributed by atoms with Gasteiger partial charge < -0.3 is 15.2 Å². The van der Waals surface area contributed by atoms with Crippen molar-refractivity contribution in [3.63, 3.8) is 0 Å². The Balaban J connectivity index is 2.89. The zero-order valence-corrected chi connectivity index (χ0v) is 8.86. The van der Waals surface area contributed by atoms with Gasteiger partial charge in [-0.2, -0.15) is 0 Å². The highest BCUT2D eigenvalue weighted by atomic mass is 32.2. The van der Waals surface area contributed by atoms with E-state index >= 15 is 0 Å². The van der Waals surface area contributed by atoms with Crippen LogP contribution in [-0.2, 0) is 11.1 Å². The molecule has 1 heterocycles. The van der Waals surface area contributed by atoms with Gasteiger partial charge in [0.2, 0.25) is 5.91 Å². The normalized spacial score (nSPS) is 12.1. The van der Waals surface area contributed by atoms with Crippen LogP contribution in [0.2, 0.25) is 0 Å². The summed E-state index contributed by atoms with van der Waals surface area (Å²) in [5.74, 6) is -0.374. The summed E-state index contributed by atoms with van der Waals surface area (Å²) in [5.41, 5.74) is 5.37. The predicted octanol–water partition coefficient (Wildman–Crippen LogP) is -0.547. The van der Waals surface area contributed by atoms with E-state index in [0.29, 0.717) is 11.4 Å². The monoisotopic (exact) mass is 228 g/mol. The van der Waals surface area contributed by atoms with Crippen molar-refractivity contribution in [2.24, 2.45) is 5.73 Å². The lowest BCUT2D eigenvalue weighted by Gasteiger charge is -2.19. The van der Waals surface area contributed by atoms with Gasteiger partial charge in [-0.3, -0.25) is 9.00 Å². The number of primary amides is 1. The van der Waals surface area contributed by atoms with E-state index in [4.69, 9.17) is 5.73 Å². The van der Waals surface area contributed by atoms with Crippen molar-refractivity contribution in [3.8, 4) is 0 Å². The number of hydrogen-bond acceptors (Lipinski definition) is 5. The quantitative estimate of drug-likeness (QED) is 0.697. The third-order valence-corrected chi connectivity index (χ3v) is 2.32. The first-order chi connectivity index (χ1) is 7.00. The first-order valence-electron chi connectivity index (χ1n) is 4.03. The Morgan fingerprint density at radius 1 is 1.73 bits per heavy atom. The third kappa shape index (κ3) is 3.30. The van der Waals surface area contributed by atoms with Crippen LogP contribution in [0.1, 0.15) is 10.4 Å². The van der Waals surface area contributed by atoms with Gasteiger partial charge in [-0.15, -0.1) is 0 Å². The van der Waals surface area contributed by atoms with Gasteiger partial charge in [0.1, 0.15) is 5.82 Å². The minimum absolute atomic E-state index is 0.185. The van der Waals surface area contributed by atoms with Gasteiger partial charge in [-0.25, -0.2) is 4.98 Å². The Kier molecular flexibility index (Phi) is 3.75. The van der Waals surface area contributed by atoms with Crippen molar-refractivity contribution in [1.82, 2.24) is 4.98 Å². The SMILES string of the molecule is CN(CS(=O)[O-])c1cc(C(N)=O)ccn1. The van der Waals surface area contributed by atoms with E-state index in [2.05, 4.69) is 4.98 Å². The molecule has 1 aromatic rings. The predicted molar refractivity (Wildman–Crippen MR) is 54.9 cm³/mol. The number of rotatable bonds is 4. The van der Waals surface area contributed by atoms with Gasteiger partial charge in [0, 0.05) is 18.8 Å². The molecule has 0 bridgehead atoms. The van der Waals surface area contributed by atoms with Crippen LogP contribution in [0.5, 0.6) is 0 Å². The van der Waals surface area contributed by atoms with E-state index in [1.54, 1.807) is 7.05 Å². The zero-order valence-electron chi connectivity index (χ0n) is 8.04. The van der Waals surface area contributed by atoms with Gasteiger partial charge in [-0.1, -0.05) is 0 Å². The maximum Gasteiger partial charge on any atom is 0.248 e. The molecular formula is C8H10N3O3S-. The molecule has 0 aliphatic rings. The van der Waals surface area contributed by atoms with Crippen molar-refractivity contribution in [2.45, 2.75) is 0 Å². The molecule has 0 aromatic carbocycles. The first kappa shape index (κ1) is 11.6. The fourth-order valence-corrected chi connectivity index (χ4v) is 1.45. The van der Waals surface area contributed by atoms with Gasteiger partial charge >= 0.3 is 0 Å². The number of carbonyl (C=O) groups is 1. The highest BCUT2D eigenvalue weighted by molar-refractivity contribution is 7.79. The lowest BCUT2D eigenvalue weighted by Crippen LogP contribution is -2.23. The fourth-order valence-electron chi connectivity index (χ4n) is 1.00. The number of hydrogen-bond donors (Lipinski definition) is 1. The number of nitrogens with two attached hydrogens (primary N) is 1. The minimum atomic E-state index is -2.19. The summed E-state index contributed by atoms with van der Waals surface area (Å²) in [7, 11) is 1.56. The second kappa shape index (κ2) is 4.85. The summed E-state index contributed by atoms with van der Waals surface area (Å²) in [6.07, 6.45) is 1.40. The molecule has 0 radical (unpaired) electrons. The smallest absolute Gasteiger partial charge is 0.248 e. The number of pyridine rings is 1. The number of aromatic nitrogens is 1. The van der Waals surface area contributed by atoms with Crippen LogP contribution in [-0.4, -0.2) is 32.6 Å². The second-order valence-corrected chi connectivity index (χ2v) is 3.76. The molecule has 1 amide bonds. The van der Waals surface area contributed by atoms with Crippen LogP contribution < -0.4 is 10.6 Å². The van der Waals surface area contributed by atoms with E-state index in [0.717, 1.165) is 0 Å². The Morgan fingerprint density at radius 3 is 2.93 bits per heavy atom. The van der Waals surface area contributed by atoms with Crippen LogP contribution in [0.15, 0.2) is 18.3 Å². The summed E-state index contributed by atoms with van der Waals surface area (Å²) in [4.78, 5) is 16.2. The molecule has 0 fully saturated rings. The van der Waals surface area contributed by atoms with Crippen molar-refractivity contribution in [2.75, 3.05) is 17.8 Å². The van der Waals surface area contributed by atoms with Crippen molar-refractivity contribution >= 4 is 22.8 Å². The van der Waals surface area contributed by atoms with E-state index in [9.17, 15) is 13.6 Å². The van der Waals surface area contributed by atoms with E-state index in [-0.39, 0.29) is 5.88 Å². The molecular weight excluding hydrogens is 218 g/mol. The Bertz CT molecular complexity index is 396. The molecule has 0 aliphatic heterocycles. The topological polar surface area (TPSA) is 99.4 Å². The average Bonchev–Trinajstić information content (AvgIpc) is 2.17. The molecule has 2 N–H and O–H groups in total. The summed E-state index contributed by atoms with van der Waals surface area (Å²) in [5, 5.41) is 0. The van der Waals surface area contributed by atoms with E-state index in [1.165, 1.54) is 23.2 Å². The van der Waals surface area contributed by atoms with Crippen LogP contribution in [0.3, 0.4) is 0 Å². The number of amides is 1. The molecule has 1 aromatic heterocycles. The van der Waals surface area contributed by atoms with Gasteiger partial charge in [0.25, 0.3) is 0 Å². The Hall–Kier alpha value is -1.47. The van der Waals surface area contributed by atoms with Crippen LogP contribution >= 0.6 is 0 Å².